The van der Waals surface area contributed by atoms with Gasteiger partial charge in [0, 0.05) is 29.6 Å². The number of hydrogen-bond donors (Lipinski definition) is 1. The predicted octanol–water partition coefficient (Wildman–Crippen LogP) is 6.36. The topological polar surface area (TPSA) is 96.0 Å². The number of para-hydroxylation sites is 2. The van der Waals surface area contributed by atoms with Crippen molar-refractivity contribution in [3.8, 4) is 5.75 Å². The minimum Gasteiger partial charge on any atom is -0.492 e. The standard InChI is InChI=1S/C34H35Cl2N3O5S/c1-3-37-34(41)31(21-25-13-7-5-8-14-25)38(23-26-19-20-27(35)22-29(26)36)33(40)24-39(30-17-11-12-18-32(30)44-4-2)45(42,43)28-15-9-6-10-16-28/h5-20,22,31H,3-4,21,23-24H2,1-2H3,(H,37,41)/t31-/m1/s1. The summed E-state index contributed by atoms with van der Waals surface area (Å²) >= 11 is 12.7. The number of amides is 2. The summed E-state index contributed by atoms with van der Waals surface area (Å²) < 4.78 is 35.2. The minimum atomic E-state index is -4.26. The van der Waals surface area contributed by atoms with Crippen molar-refractivity contribution < 1.29 is 22.7 Å². The highest BCUT2D eigenvalue weighted by molar-refractivity contribution is 7.92. The van der Waals surface area contributed by atoms with Crippen molar-refractivity contribution >= 4 is 50.7 Å². The molecular formula is C34H35Cl2N3O5S. The van der Waals surface area contributed by atoms with E-state index < -0.39 is 28.5 Å². The second-order valence-electron chi connectivity index (χ2n) is 10.1. The van der Waals surface area contributed by atoms with Crippen LogP contribution in [0.2, 0.25) is 10.0 Å². The quantitative estimate of drug-likeness (QED) is 0.169. The maximum atomic E-state index is 14.5. The number of carbonyl (C=O) groups excluding carboxylic acids is 2. The van der Waals surface area contributed by atoms with Gasteiger partial charge in [-0.3, -0.25) is 13.9 Å². The van der Waals surface area contributed by atoms with E-state index in [1.807, 2.05) is 30.3 Å². The molecular weight excluding hydrogens is 633 g/mol. The number of ether oxygens (including phenoxy) is 1. The summed E-state index contributed by atoms with van der Waals surface area (Å²) in [5.41, 5.74) is 1.56. The summed E-state index contributed by atoms with van der Waals surface area (Å²) in [5, 5.41) is 3.56. The molecule has 4 rings (SSSR count). The molecule has 0 radical (unpaired) electrons. The highest BCUT2D eigenvalue weighted by Gasteiger charge is 2.35. The van der Waals surface area contributed by atoms with E-state index in [2.05, 4.69) is 5.32 Å². The zero-order chi connectivity index (χ0) is 32.4. The molecule has 0 saturated carbocycles. The van der Waals surface area contributed by atoms with E-state index in [1.54, 1.807) is 74.5 Å². The summed E-state index contributed by atoms with van der Waals surface area (Å²) in [7, 11) is -4.26. The van der Waals surface area contributed by atoms with Gasteiger partial charge in [0.25, 0.3) is 10.0 Å². The first kappa shape index (κ1) is 33.8. The Balaban J connectivity index is 1.84. The summed E-state index contributed by atoms with van der Waals surface area (Å²) in [6.07, 6.45) is 0.185. The van der Waals surface area contributed by atoms with Crippen molar-refractivity contribution in [1.29, 1.82) is 0 Å². The maximum Gasteiger partial charge on any atom is 0.264 e. The van der Waals surface area contributed by atoms with Crippen molar-refractivity contribution in [3.63, 3.8) is 0 Å². The molecule has 0 spiro atoms. The molecule has 0 aliphatic carbocycles. The van der Waals surface area contributed by atoms with Crippen molar-refractivity contribution in [2.24, 2.45) is 0 Å². The number of carbonyl (C=O) groups is 2. The first-order valence-corrected chi connectivity index (χ1v) is 16.7. The molecule has 0 saturated heterocycles. The summed E-state index contributed by atoms with van der Waals surface area (Å²) in [6.45, 7) is 3.51. The van der Waals surface area contributed by atoms with E-state index in [1.165, 1.54) is 17.0 Å². The lowest BCUT2D eigenvalue weighted by Crippen LogP contribution is -2.53. The van der Waals surface area contributed by atoms with Crippen LogP contribution >= 0.6 is 23.2 Å². The average Bonchev–Trinajstić information content (AvgIpc) is 3.04. The van der Waals surface area contributed by atoms with Crippen molar-refractivity contribution in [2.75, 3.05) is 24.0 Å². The highest BCUT2D eigenvalue weighted by Crippen LogP contribution is 2.33. The number of likely N-dealkylation sites (N-methyl/N-ethyl adjacent to an activating group) is 1. The van der Waals surface area contributed by atoms with E-state index >= 15 is 0 Å². The van der Waals surface area contributed by atoms with Crippen LogP contribution in [0, 0.1) is 0 Å². The van der Waals surface area contributed by atoms with Gasteiger partial charge in [-0.2, -0.15) is 0 Å². The zero-order valence-corrected chi connectivity index (χ0v) is 27.4. The summed E-state index contributed by atoms with van der Waals surface area (Å²) in [6, 6.07) is 27.7. The monoisotopic (exact) mass is 667 g/mol. The molecule has 236 valence electrons. The number of hydrogen-bond acceptors (Lipinski definition) is 5. The lowest BCUT2D eigenvalue weighted by molar-refractivity contribution is -0.140. The Labute approximate surface area is 274 Å². The molecule has 8 nitrogen and oxygen atoms in total. The largest absolute Gasteiger partial charge is 0.492 e. The van der Waals surface area contributed by atoms with Crippen LogP contribution in [0.1, 0.15) is 25.0 Å². The molecule has 1 atom stereocenters. The molecule has 0 fully saturated rings. The third-order valence-electron chi connectivity index (χ3n) is 7.02. The number of anilines is 1. The van der Waals surface area contributed by atoms with Gasteiger partial charge in [-0.15, -0.1) is 0 Å². The SMILES string of the molecule is CCNC(=O)[C@@H](Cc1ccccc1)N(Cc1ccc(Cl)cc1Cl)C(=O)CN(c1ccccc1OCC)S(=O)(=O)c1ccccc1. The Hall–Kier alpha value is -4.05. The molecule has 4 aromatic carbocycles. The van der Waals surface area contributed by atoms with Crippen LogP contribution < -0.4 is 14.4 Å². The van der Waals surface area contributed by atoms with Gasteiger partial charge < -0.3 is 15.0 Å². The van der Waals surface area contributed by atoms with E-state index in [4.69, 9.17) is 27.9 Å². The number of sulfonamides is 1. The molecule has 0 heterocycles. The number of nitrogens with zero attached hydrogens (tertiary/aromatic N) is 2. The Morgan fingerprint density at radius 3 is 2.16 bits per heavy atom. The van der Waals surface area contributed by atoms with Gasteiger partial charge in [-0.1, -0.05) is 89.9 Å². The predicted molar refractivity (Wildman–Crippen MR) is 178 cm³/mol. The van der Waals surface area contributed by atoms with Gasteiger partial charge in [-0.05, 0) is 61.4 Å². The Morgan fingerprint density at radius 1 is 0.867 bits per heavy atom. The lowest BCUT2D eigenvalue weighted by Gasteiger charge is -2.34. The van der Waals surface area contributed by atoms with Crippen LogP contribution in [0.4, 0.5) is 5.69 Å². The van der Waals surface area contributed by atoms with Crippen LogP contribution in [-0.2, 0) is 32.6 Å². The van der Waals surface area contributed by atoms with Gasteiger partial charge in [0.2, 0.25) is 11.8 Å². The molecule has 0 aliphatic heterocycles. The third kappa shape index (κ3) is 8.57. The zero-order valence-electron chi connectivity index (χ0n) is 25.0. The van der Waals surface area contributed by atoms with E-state index in [0.29, 0.717) is 27.9 Å². The fourth-order valence-electron chi connectivity index (χ4n) is 4.85. The Morgan fingerprint density at radius 2 is 1.51 bits per heavy atom. The molecule has 0 aromatic heterocycles. The van der Waals surface area contributed by atoms with Crippen molar-refractivity contribution in [1.82, 2.24) is 10.2 Å². The Bertz CT molecular complexity index is 1710. The Kier molecular flexibility index (Phi) is 11.9. The van der Waals surface area contributed by atoms with Crippen LogP contribution in [0.3, 0.4) is 0 Å². The highest BCUT2D eigenvalue weighted by atomic mass is 35.5. The first-order chi connectivity index (χ1) is 21.6. The van der Waals surface area contributed by atoms with Crippen LogP contribution in [0.15, 0.2) is 108 Å². The maximum absolute atomic E-state index is 14.5. The van der Waals surface area contributed by atoms with Crippen molar-refractivity contribution in [2.45, 2.75) is 37.8 Å². The lowest BCUT2D eigenvalue weighted by atomic mass is 10.0. The van der Waals surface area contributed by atoms with Gasteiger partial charge in [0.05, 0.1) is 17.2 Å². The molecule has 1 N–H and O–H groups in total. The normalized spacial score (nSPS) is 11.8. The van der Waals surface area contributed by atoms with Crippen molar-refractivity contribution in [3.05, 3.63) is 124 Å². The van der Waals surface area contributed by atoms with Crippen LogP contribution in [0.5, 0.6) is 5.75 Å². The fourth-order valence-corrected chi connectivity index (χ4v) is 6.77. The summed E-state index contributed by atoms with van der Waals surface area (Å²) in [5.74, 6) is -0.699. The van der Waals surface area contributed by atoms with Gasteiger partial charge in [0.1, 0.15) is 18.3 Å². The molecule has 2 amide bonds. The second-order valence-corrected chi connectivity index (χ2v) is 12.8. The van der Waals surface area contributed by atoms with Crippen LogP contribution in [-0.4, -0.2) is 50.9 Å². The summed E-state index contributed by atoms with van der Waals surface area (Å²) in [4.78, 5) is 29.5. The van der Waals surface area contributed by atoms with Crippen LogP contribution in [0.25, 0.3) is 0 Å². The number of rotatable bonds is 14. The van der Waals surface area contributed by atoms with E-state index in [0.717, 1.165) is 9.87 Å². The smallest absolute Gasteiger partial charge is 0.264 e. The van der Waals surface area contributed by atoms with Gasteiger partial charge in [-0.25, -0.2) is 8.42 Å². The molecule has 45 heavy (non-hydrogen) atoms. The van der Waals surface area contributed by atoms with E-state index in [-0.39, 0.29) is 36.1 Å². The number of nitrogens with one attached hydrogen (secondary N) is 1. The number of benzene rings is 4. The molecule has 0 aliphatic rings. The minimum absolute atomic E-state index is 0.000888. The molecule has 0 unspecified atom stereocenters. The van der Waals surface area contributed by atoms with Gasteiger partial charge in [0.15, 0.2) is 0 Å². The number of halogens is 2. The average molecular weight is 669 g/mol. The first-order valence-electron chi connectivity index (χ1n) is 14.5. The van der Waals surface area contributed by atoms with E-state index in [9.17, 15) is 18.0 Å². The second kappa shape index (κ2) is 15.8. The molecule has 11 heteroatoms. The fraction of sp³-hybridized carbons (Fsp3) is 0.235. The third-order valence-corrected chi connectivity index (χ3v) is 9.38. The van der Waals surface area contributed by atoms with Gasteiger partial charge >= 0.3 is 0 Å². The molecule has 4 aromatic rings. The molecule has 0 bridgehead atoms.